The first-order valence-electron chi connectivity index (χ1n) is 7.20. The van der Waals surface area contributed by atoms with Gasteiger partial charge in [0.15, 0.2) is 0 Å². The number of sulfone groups is 1. The van der Waals surface area contributed by atoms with E-state index in [0.29, 0.717) is 0 Å². The quantitative estimate of drug-likeness (QED) is 0.811. The normalized spacial score (nSPS) is 11.5. The first-order valence-corrected chi connectivity index (χ1v) is 9.12. The van der Waals surface area contributed by atoms with Crippen LogP contribution in [0.3, 0.4) is 0 Å². The van der Waals surface area contributed by atoms with Crippen molar-refractivity contribution in [1.29, 1.82) is 0 Å². The highest BCUT2D eigenvalue weighted by Gasteiger charge is 2.26. The Morgan fingerprint density at radius 2 is 1.81 bits per heavy atom. The van der Waals surface area contributed by atoms with E-state index in [1.54, 1.807) is 0 Å². The van der Waals surface area contributed by atoms with E-state index in [1.165, 1.54) is 37.4 Å². The summed E-state index contributed by atoms with van der Waals surface area (Å²) in [6.45, 7) is -0.102. The lowest BCUT2D eigenvalue weighted by atomic mass is 10.2. The standard InChI is InChI=1S/C16H14ClF3N2O3S/c1-22(9-12-13(17)3-2-4-14(12)18)16(23)21-10-5-7-11(8-6-10)26(24,25)15(19)20/h2-8,15H,9H2,1H3,(H,21,23). The fraction of sp³-hybridized carbons (Fsp3) is 0.188. The molecule has 2 rings (SSSR count). The van der Waals surface area contributed by atoms with Gasteiger partial charge in [0, 0.05) is 23.3 Å². The minimum absolute atomic E-state index is 0.102. The number of anilines is 1. The molecule has 0 saturated carbocycles. The summed E-state index contributed by atoms with van der Waals surface area (Å²) in [5, 5.41) is 2.62. The van der Waals surface area contributed by atoms with Crippen LogP contribution < -0.4 is 5.32 Å². The van der Waals surface area contributed by atoms with Crippen molar-refractivity contribution in [2.45, 2.75) is 17.2 Å². The molecule has 0 aliphatic heterocycles. The molecule has 0 bridgehead atoms. The SMILES string of the molecule is CN(Cc1c(F)cccc1Cl)C(=O)Nc1ccc(S(=O)(=O)C(F)F)cc1. The Hall–Kier alpha value is -2.26. The number of amides is 2. The van der Waals surface area contributed by atoms with Gasteiger partial charge >= 0.3 is 11.8 Å². The van der Waals surface area contributed by atoms with Gasteiger partial charge in [-0.25, -0.2) is 17.6 Å². The summed E-state index contributed by atoms with van der Waals surface area (Å²) in [5.41, 5.74) is 0.333. The summed E-state index contributed by atoms with van der Waals surface area (Å²) in [5.74, 6) is -4.08. The van der Waals surface area contributed by atoms with Crippen molar-refractivity contribution in [1.82, 2.24) is 4.90 Å². The van der Waals surface area contributed by atoms with E-state index < -0.39 is 32.3 Å². The Balaban J connectivity index is 2.08. The van der Waals surface area contributed by atoms with Crippen molar-refractivity contribution in [2.75, 3.05) is 12.4 Å². The molecule has 0 unspecified atom stereocenters. The number of carbonyl (C=O) groups is 1. The zero-order valence-electron chi connectivity index (χ0n) is 13.4. The van der Waals surface area contributed by atoms with Crippen LogP contribution in [0.4, 0.5) is 23.7 Å². The molecule has 26 heavy (non-hydrogen) atoms. The molecule has 1 N–H and O–H groups in total. The topological polar surface area (TPSA) is 66.5 Å². The number of rotatable bonds is 5. The van der Waals surface area contributed by atoms with Crippen LogP contribution in [-0.4, -0.2) is 32.2 Å². The fourth-order valence-electron chi connectivity index (χ4n) is 2.04. The molecule has 2 aromatic carbocycles. The van der Waals surface area contributed by atoms with Crippen LogP contribution in [0.2, 0.25) is 5.02 Å². The van der Waals surface area contributed by atoms with Crippen molar-refractivity contribution in [3.63, 3.8) is 0 Å². The second kappa shape index (κ2) is 7.96. The van der Waals surface area contributed by atoms with Crippen LogP contribution in [0.15, 0.2) is 47.4 Å². The Kier molecular flexibility index (Phi) is 6.14. The van der Waals surface area contributed by atoms with Crippen molar-refractivity contribution in [2.24, 2.45) is 0 Å². The van der Waals surface area contributed by atoms with Crippen LogP contribution in [0.25, 0.3) is 0 Å². The fourth-order valence-corrected chi connectivity index (χ4v) is 2.99. The molecule has 0 spiro atoms. The van der Waals surface area contributed by atoms with E-state index >= 15 is 0 Å². The number of alkyl halides is 2. The van der Waals surface area contributed by atoms with E-state index in [0.717, 1.165) is 17.0 Å². The predicted molar refractivity (Wildman–Crippen MR) is 91.5 cm³/mol. The second-order valence-corrected chi connectivity index (χ2v) is 7.64. The molecule has 2 amide bonds. The number of carbonyl (C=O) groups excluding carboxylic acids is 1. The number of halogens is 4. The van der Waals surface area contributed by atoms with Gasteiger partial charge in [0.2, 0.25) is 9.84 Å². The molecule has 0 aliphatic rings. The number of urea groups is 1. The maximum Gasteiger partial charge on any atom is 0.341 e. The van der Waals surface area contributed by atoms with Gasteiger partial charge in [0.1, 0.15) is 5.82 Å². The highest BCUT2D eigenvalue weighted by atomic mass is 35.5. The van der Waals surface area contributed by atoms with E-state index in [2.05, 4.69) is 5.32 Å². The average Bonchev–Trinajstić information content (AvgIpc) is 2.58. The monoisotopic (exact) mass is 406 g/mol. The van der Waals surface area contributed by atoms with Gasteiger partial charge in [-0.15, -0.1) is 0 Å². The van der Waals surface area contributed by atoms with E-state index in [1.807, 2.05) is 0 Å². The first-order chi connectivity index (χ1) is 12.1. The third kappa shape index (κ3) is 4.47. The number of benzene rings is 2. The van der Waals surface area contributed by atoms with Crippen molar-refractivity contribution < 1.29 is 26.4 Å². The van der Waals surface area contributed by atoms with Gasteiger partial charge in [-0.3, -0.25) is 0 Å². The van der Waals surface area contributed by atoms with Gasteiger partial charge in [0.25, 0.3) is 0 Å². The predicted octanol–water partition coefficient (Wildman–Crippen LogP) is 4.14. The van der Waals surface area contributed by atoms with Crippen LogP contribution in [0, 0.1) is 5.82 Å². The molecular formula is C16H14ClF3N2O3S. The molecule has 0 radical (unpaired) electrons. The lowest BCUT2D eigenvalue weighted by Crippen LogP contribution is -2.31. The zero-order valence-corrected chi connectivity index (χ0v) is 15.0. The molecule has 0 aliphatic carbocycles. The summed E-state index contributed by atoms with van der Waals surface area (Å²) in [6.07, 6.45) is 0. The second-order valence-electron chi connectivity index (χ2n) is 5.32. The van der Waals surface area contributed by atoms with E-state index in [9.17, 15) is 26.4 Å². The molecule has 0 atom stereocenters. The summed E-state index contributed by atoms with van der Waals surface area (Å²) in [6, 6.07) is 7.82. The lowest BCUT2D eigenvalue weighted by molar-refractivity contribution is 0.220. The van der Waals surface area contributed by atoms with Crippen LogP contribution in [0.1, 0.15) is 5.56 Å². The molecule has 5 nitrogen and oxygen atoms in total. The number of nitrogens with one attached hydrogen (secondary N) is 1. The molecule has 0 fully saturated rings. The van der Waals surface area contributed by atoms with Crippen molar-refractivity contribution in [3.8, 4) is 0 Å². The smallest absolute Gasteiger partial charge is 0.323 e. The van der Waals surface area contributed by atoms with Crippen LogP contribution >= 0.6 is 11.6 Å². The van der Waals surface area contributed by atoms with Gasteiger partial charge < -0.3 is 10.2 Å². The number of hydrogen-bond acceptors (Lipinski definition) is 3. The summed E-state index contributed by atoms with van der Waals surface area (Å²) < 4.78 is 61.4. The molecular weight excluding hydrogens is 393 g/mol. The highest BCUT2D eigenvalue weighted by molar-refractivity contribution is 7.91. The van der Waals surface area contributed by atoms with Crippen LogP contribution in [-0.2, 0) is 16.4 Å². The summed E-state index contributed by atoms with van der Waals surface area (Å²) in [4.78, 5) is 12.7. The minimum Gasteiger partial charge on any atom is -0.323 e. The molecule has 0 aromatic heterocycles. The van der Waals surface area contributed by atoms with Gasteiger partial charge in [-0.1, -0.05) is 17.7 Å². The molecule has 140 valence electrons. The highest BCUT2D eigenvalue weighted by Crippen LogP contribution is 2.22. The Labute approximate surface area is 153 Å². The zero-order chi connectivity index (χ0) is 19.5. The Bertz CT molecular complexity index is 885. The Morgan fingerprint density at radius 1 is 1.19 bits per heavy atom. The Morgan fingerprint density at radius 3 is 2.35 bits per heavy atom. The van der Waals surface area contributed by atoms with Crippen molar-refractivity contribution in [3.05, 3.63) is 58.9 Å². The number of nitrogens with zero attached hydrogens (tertiary/aromatic N) is 1. The average molecular weight is 407 g/mol. The third-order valence-corrected chi connectivity index (χ3v) is 5.22. The maximum atomic E-state index is 13.8. The number of hydrogen-bond donors (Lipinski definition) is 1. The van der Waals surface area contributed by atoms with Gasteiger partial charge in [-0.05, 0) is 36.4 Å². The van der Waals surface area contributed by atoms with Gasteiger partial charge in [0.05, 0.1) is 11.4 Å². The first kappa shape index (κ1) is 20.1. The van der Waals surface area contributed by atoms with Crippen LogP contribution in [0.5, 0.6) is 0 Å². The van der Waals surface area contributed by atoms with E-state index in [-0.39, 0.29) is 22.8 Å². The summed E-state index contributed by atoms with van der Waals surface area (Å²) >= 11 is 5.91. The molecule has 0 saturated heterocycles. The minimum atomic E-state index is -4.70. The maximum absolute atomic E-state index is 13.8. The van der Waals surface area contributed by atoms with Gasteiger partial charge in [-0.2, -0.15) is 8.78 Å². The molecule has 2 aromatic rings. The lowest BCUT2D eigenvalue weighted by Gasteiger charge is -2.19. The molecule has 10 heteroatoms. The van der Waals surface area contributed by atoms with Crippen molar-refractivity contribution >= 4 is 33.2 Å². The summed E-state index contributed by atoms with van der Waals surface area (Å²) in [7, 11) is -3.29. The third-order valence-electron chi connectivity index (χ3n) is 3.47. The van der Waals surface area contributed by atoms with E-state index in [4.69, 9.17) is 11.6 Å². The molecule has 0 heterocycles. The largest absolute Gasteiger partial charge is 0.341 e.